The molecule has 3 atom stereocenters. The molecule has 2 aliphatic carbocycles. The van der Waals surface area contributed by atoms with Gasteiger partial charge in [-0.3, -0.25) is 0 Å². The highest BCUT2D eigenvalue weighted by Crippen LogP contribution is 2.48. The molecule has 98 valence electrons. The molecule has 1 N–H and O–H groups in total. The summed E-state index contributed by atoms with van der Waals surface area (Å²) in [5, 5.41) is 2.99. The van der Waals surface area contributed by atoms with E-state index in [-0.39, 0.29) is 6.03 Å². The molecule has 0 aromatic rings. The molecule has 0 saturated heterocycles. The van der Waals surface area contributed by atoms with Gasteiger partial charge in [-0.1, -0.05) is 19.8 Å². The van der Waals surface area contributed by atoms with Crippen molar-refractivity contribution in [1.29, 1.82) is 0 Å². The summed E-state index contributed by atoms with van der Waals surface area (Å²) < 4.78 is 0. The molecule has 0 aliphatic heterocycles. The highest BCUT2D eigenvalue weighted by molar-refractivity contribution is 5.73. The number of amides is 2. The van der Waals surface area contributed by atoms with E-state index < -0.39 is 0 Å². The number of nitrogens with one attached hydrogen (secondary N) is 1. The molecule has 3 heteroatoms. The first kappa shape index (κ1) is 12.7. The lowest BCUT2D eigenvalue weighted by atomic mass is 9.88. The van der Waals surface area contributed by atoms with Crippen LogP contribution in [0, 0.1) is 17.8 Å². The van der Waals surface area contributed by atoms with Crippen LogP contribution in [0.15, 0.2) is 0 Å². The molecule has 2 bridgehead atoms. The van der Waals surface area contributed by atoms with E-state index in [0.717, 1.165) is 43.7 Å². The van der Waals surface area contributed by atoms with Gasteiger partial charge in [0.25, 0.3) is 0 Å². The second kappa shape index (κ2) is 5.74. The van der Waals surface area contributed by atoms with Crippen LogP contribution in [-0.2, 0) is 0 Å². The summed E-state index contributed by atoms with van der Waals surface area (Å²) >= 11 is 0. The van der Waals surface area contributed by atoms with Crippen molar-refractivity contribution in [3.63, 3.8) is 0 Å². The van der Waals surface area contributed by atoms with E-state index in [1.54, 1.807) is 0 Å². The Labute approximate surface area is 105 Å². The molecule has 0 aromatic carbocycles. The number of nitrogens with zero attached hydrogens (tertiary/aromatic N) is 1. The number of hydrogen-bond acceptors (Lipinski definition) is 1. The first-order chi connectivity index (χ1) is 8.20. The van der Waals surface area contributed by atoms with Crippen LogP contribution >= 0.6 is 0 Å². The van der Waals surface area contributed by atoms with E-state index in [1.165, 1.54) is 25.7 Å². The summed E-state index contributed by atoms with van der Waals surface area (Å²) in [5.41, 5.74) is 0. The second-order valence-corrected chi connectivity index (χ2v) is 5.90. The van der Waals surface area contributed by atoms with Crippen LogP contribution in [0.1, 0.15) is 45.4 Å². The van der Waals surface area contributed by atoms with Crippen molar-refractivity contribution < 1.29 is 4.79 Å². The molecule has 2 aliphatic rings. The zero-order valence-corrected chi connectivity index (χ0v) is 11.2. The van der Waals surface area contributed by atoms with E-state index >= 15 is 0 Å². The third-order valence-corrected chi connectivity index (χ3v) is 4.55. The van der Waals surface area contributed by atoms with Gasteiger partial charge in [-0.05, 0) is 43.4 Å². The van der Waals surface area contributed by atoms with Crippen molar-refractivity contribution in [2.45, 2.75) is 45.4 Å². The zero-order valence-electron chi connectivity index (χ0n) is 11.2. The number of carbonyl (C=O) groups is 1. The predicted octanol–water partition coefficient (Wildman–Crippen LogP) is 2.86. The van der Waals surface area contributed by atoms with E-state index in [2.05, 4.69) is 12.2 Å². The summed E-state index contributed by atoms with van der Waals surface area (Å²) in [7, 11) is 1.94. The predicted molar refractivity (Wildman–Crippen MR) is 69.9 cm³/mol. The standard InChI is InChI=1S/C14H26N2O/c1-3-4-7-15-14(17)16(2)10-13-9-11-5-6-12(13)8-11/h11-13H,3-10H2,1-2H3,(H,15,17). The minimum absolute atomic E-state index is 0.112. The first-order valence-corrected chi connectivity index (χ1v) is 7.19. The van der Waals surface area contributed by atoms with E-state index in [1.807, 2.05) is 11.9 Å². The summed E-state index contributed by atoms with van der Waals surface area (Å²) in [5.74, 6) is 2.66. The smallest absolute Gasteiger partial charge is 0.317 e. The van der Waals surface area contributed by atoms with Crippen molar-refractivity contribution in [3.05, 3.63) is 0 Å². The number of hydrogen-bond donors (Lipinski definition) is 1. The van der Waals surface area contributed by atoms with Gasteiger partial charge in [-0.2, -0.15) is 0 Å². The Morgan fingerprint density at radius 2 is 2.18 bits per heavy atom. The number of urea groups is 1. The largest absolute Gasteiger partial charge is 0.338 e. The zero-order chi connectivity index (χ0) is 12.3. The molecule has 3 nitrogen and oxygen atoms in total. The topological polar surface area (TPSA) is 32.3 Å². The van der Waals surface area contributed by atoms with Gasteiger partial charge in [-0.15, -0.1) is 0 Å². The highest BCUT2D eigenvalue weighted by Gasteiger charge is 2.39. The Kier molecular flexibility index (Phi) is 4.30. The average molecular weight is 238 g/mol. The second-order valence-electron chi connectivity index (χ2n) is 5.90. The Morgan fingerprint density at radius 1 is 1.35 bits per heavy atom. The van der Waals surface area contributed by atoms with Crippen molar-refractivity contribution in [2.75, 3.05) is 20.1 Å². The fourth-order valence-electron chi connectivity index (χ4n) is 3.54. The normalized spacial score (nSPS) is 30.6. The van der Waals surface area contributed by atoms with Crippen LogP contribution in [0.5, 0.6) is 0 Å². The van der Waals surface area contributed by atoms with Crippen LogP contribution in [0.2, 0.25) is 0 Å². The van der Waals surface area contributed by atoms with Crippen LogP contribution in [0.25, 0.3) is 0 Å². The fourth-order valence-corrected chi connectivity index (χ4v) is 3.54. The molecule has 0 heterocycles. The number of rotatable bonds is 5. The van der Waals surface area contributed by atoms with Gasteiger partial charge in [0.1, 0.15) is 0 Å². The summed E-state index contributed by atoms with van der Waals surface area (Å²) in [6.07, 6.45) is 7.84. The summed E-state index contributed by atoms with van der Waals surface area (Å²) in [6.45, 7) is 3.92. The van der Waals surface area contributed by atoms with E-state index in [9.17, 15) is 4.79 Å². The molecule has 0 spiro atoms. The van der Waals surface area contributed by atoms with E-state index in [4.69, 9.17) is 0 Å². The third-order valence-electron chi connectivity index (χ3n) is 4.55. The molecule has 2 saturated carbocycles. The molecule has 2 fully saturated rings. The van der Waals surface area contributed by atoms with Crippen LogP contribution in [-0.4, -0.2) is 31.1 Å². The minimum atomic E-state index is 0.112. The van der Waals surface area contributed by atoms with Gasteiger partial charge in [0.15, 0.2) is 0 Å². The SMILES string of the molecule is CCCCNC(=O)N(C)CC1CC2CCC1C2. The van der Waals surface area contributed by atoms with Crippen molar-refractivity contribution in [2.24, 2.45) is 17.8 Å². The molecular weight excluding hydrogens is 212 g/mol. The quantitative estimate of drug-likeness (QED) is 0.734. The Morgan fingerprint density at radius 3 is 2.76 bits per heavy atom. The maximum absolute atomic E-state index is 11.8. The molecule has 3 unspecified atom stereocenters. The number of unbranched alkanes of at least 4 members (excludes halogenated alkanes) is 1. The van der Waals surface area contributed by atoms with Crippen molar-refractivity contribution in [1.82, 2.24) is 10.2 Å². The van der Waals surface area contributed by atoms with Crippen LogP contribution < -0.4 is 5.32 Å². The van der Waals surface area contributed by atoms with Gasteiger partial charge in [0.2, 0.25) is 0 Å². The van der Waals surface area contributed by atoms with Gasteiger partial charge in [-0.25, -0.2) is 4.79 Å². The third kappa shape index (κ3) is 3.14. The average Bonchev–Trinajstić information content (AvgIpc) is 2.91. The van der Waals surface area contributed by atoms with Gasteiger partial charge in [0.05, 0.1) is 0 Å². The minimum Gasteiger partial charge on any atom is -0.338 e. The lowest BCUT2D eigenvalue weighted by Gasteiger charge is -2.27. The van der Waals surface area contributed by atoms with Gasteiger partial charge in [0, 0.05) is 20.1 Å². The van der Waals surface area contributed by atoms with Crippen molar-refractivity contribution >= 4 is 6.03 Å². The van der Waals surface area contributed by atoms with E-state index in [0.29, 0.717) is 0 Å². The van der Waals surface area contributed by atoms with Gasteiger partial charge < -0.3 is 10.2 Å². The molecule has 2 amide bonds. The maximum Gasteiger partial charge on any atom is 0.317 e. The first-order valence-electron chi connectivity index (χ1n) is 7.19. The summed E-state index contributed by atoms with van der Waals surface area (Å²) in [6, 6.07) is 0.112. The maximum atomic E-state index is 11.8. The number of fused-ring (bicyclic) bond motifs is 2. The Hall–Kier alpha value is -0.730. The molecule has 0 radical (unpaired) electrons. The Bertz CT molecular complexity index is 267. The Balaban J connectivity index is 1.69. The summed E-state index contributed by atoms with van der Waals surface area (Å²) in [4.78, 5) is 13.7. The molecular formula is C14H26N2O. The molecule has 2 rings (SSSR count). The lowest BCUT2D eigenvalue weighted by Crippen LogP contribution is -2.41. The number of carbonyl (C=O) groups excluding carboxylic acids is 1. The van der Waals surface area contributed by atoms with Crippen LogP contribution in [0.3, 0.4) is 0 Å². The van der Waals surface area contributed by atoms with Crippen molar-refractivity contribution in [3.8, 4) is 0 Å². The highest BCUT2D eigenvalue weighted by atomic mass is 16.2. The van der Waals surface area contributed by atoms with Gasteiger partial charge >= 0.3 is 6.03 Å². The monoisotopic (exact) mass is 238 g/mol. The molecule has 17 heavy (non-hydrogen) atoms. The fraction of sp³-hybridized carbons (Fsp3) is 0.929. The van der Waals surface area contributed by atoms with Crippen LogP contribution in [0.4, 0.5) is 4.79 Å². The lowest BCUT2D eigenvalue weighted by molar-refractivity contribution is 0.188. The molecule has 0 aromatic heterocycles.